The Kier molecular flexibility index (Phi) is 12.2. The molecular formula is C35H49NO9. The summed E-state index contributed by atoms with van der Waals surface area (Å²) in [6, 6.07) is 19.1. The Morgan fingerprint density at radius 2 is 1.64 bits per heavy atom. The van der Waals surface area contributed by atoms with Gasteiger partial charge in [0.15, 0.2) is 19.4 Å². The van der Waals surface area contributed by atoms with Crippen molar-refractivity contribution in [2.24, 2.45) is 5.41 Å². The van der Waals surface area contributed by atoms with Gasteiger partial charge in [0.2, 0.25) is 0 Å². The van der Waals surface area contributed by atoms with Crippen LogP contribution >= 0.6 is 0 Å². The quantitative estimate of drug-likeness (QED) is 0.277. The molecule has 2 aromatic rings. The smallest absolute Gasteiger partial charge is 0.407 e. The first-order valence-electron chi connectivity index (χ1n) is 16.1. The van der Waals surface area contributed by atoms with E-state index in [0.29, 0.717) is 19.4 Å². The molecule has 10 nitrogen and oxygen atoms in total. The highest BCUT2D eigenvalue weighted by Gasteiger charge is 2.54. The molecule has 5 rings (SSSR count). The van der Waals surface area contributed by atoms with E-state index in [1.807, 2.05) is 60.7 Å². The fourth-order valence-corrected chi connectivity index (χ4v) is 6.69. The molecule has 2 aromatic carbocycles. The highest BCUT2D eigenvalue weighted by Crippen LogP contribution is 2.44. The summed E-state index contributed by atoms with van der Waals surface area (Å²) in [6.45, 7) is 5.11. The highest BCUT2D eigenvalue weighted by atomic mass is 16.8. The molecule has 1 amide bonds. The molecule has 0 bridgehead atoms. The molecule has 3 aliphatic rings. The van der Waals surface area contributed by atoms with Crippen molar-refractivity contribution in [2.45, 2.75) is 108 Å². The molecule has 1 N–H and O–H groups in total. The predicted octanol–water partition coefficient (Wildman–Crippen LogP) is 5.37. The summed E-state index contributed by atoms with van der Waals surface area (Å²) >= 11 is 0. The summed E-state index contributed by atoms with van der Waals surface area (Å²) in [5, 5.41) is 3.13. The van der Waals surface area contributed by atoms with Gasteiger partial charge in [-0.2, -0.15) is 0 Å². The molecule has 0 spiro atoms. The number of amides is 1. The van der Waals surface area contributed by atoms with E-state index >= 15 is 0 Å². The fourth-order valence-electron chi connectivity index (χ4n) is 6.69. The van der Waals surface area contributed by atoms with Gasteiger partial charge in [-0.3, -0.25) is 0 Å². The van der Waals surface area contributed by atoms with Crippen LogP contribution in [0.25, 0.3) is 0 Å². The maximum atomic E-state index is 13.3. The van der Waals surface area contributed by atoms with Gasteiger partial charge in [0.05, 0.1) is 24.4 Å². The van der Waals surface area contributed by atoms with E-state index < -0.39 is 29.8 Å². The minimum atomic E-state index is -0.592. The Balaban J connectivity index is 1.40. The molecule has 10 heteroatoms. The number of hydrogen-bond acceptors (Lipinski definition) is 9. The lowest BCUT2D eigenvalue weighted by atomic mass is 9.71. The van der Waals surface area contributed by atoms with Crippen LogP contribution in [0.2, 0.25) is 0 Å². The molecule has 3 fully saturated rings. The second-order valence-corrected chi connectivity index (χ2v) is 12.7. The first-order valence-corrected chi connectivity index (χ1v) is 16.1. The van der Waals surface area contributed by atoms with Crippen molar-refractivity contribution in [3.8, 4) is 0 Å². The van der Waals surface area contributed by atoms with Crippen molar-refractivity contribution in [1.29, 1.82) is 0 Å². The first kappa shape index (κ1) is 33.8. The van der Waals surface area contributed by atoms with E-state index in [1.54, 1.807) is 14.2 Å². The molecule has 3 saturated heterocycles. The Morgan fingerprint density at radius 1 is 0.911 bits per heavy atom. The van der Waals surface area contributed by atoms with E-state index in [4.69, 9.17) is 37.9 Å². The Hall–Kier alpha value is -2.57. The Labute approximate surface area is 266 Å². The van der Waals surface area contributed by atoms with Crippen LogP contribution in [0.15, 0.2) is 60.7 Å². The zero-order chi connectivity index (χ0) is 31.6. The number of methoxy groups -OCH3 is 2. The second kappa shape index (κ2) is 16.3. The molecule has 3 unspecified atom stereocenters. The molecular weight excluding hydrogens is 578 g/mol. The van der Waals surface area contributed by atoms with Gasteiger partial charge < -0.3 is 43.2 Å². The van der Waals surface area contributed by atoms with Crippen LogP contribution in [0.3, 0.4) is 0 Å². The third-order valence-corrected chi connectivity index (χ3v) is 9.18. The van der Waals surface area contributed by atoms with Gasteiger partial charge in [0.1, 0.15) is 18.8 Å². The van der Waals surface area contributed by atoms with Crippen LogP contribution < -0.4 is 5.32 Å². The second-order valence-electron chi connectivity index (χ2n) is 12.7. The number of alkyl carbamates (subject to hydrolysis) is 1. The van der Waals surface area contributed by atoms with Gasteiger partial charge in [-0.1, -0.05) is 74.5 Å². The molecule has 248 valence electrons. The lowest BCUT2D eigenvalue weighted by molar-refractivity contribution is -0.287. The molecule has 0 saturated carbocycles. The summed E-state index contributed by atoms with van der Waals surface area (Å²) in [5.41, 5.74) is 1.49. The van der Waals surface area contributed by atoms with Crippen LogP contribution in [0, 0.1) is 5.41 Å². The number of hydrogen-bond donors (Lipinski definition) is 1. The lowest BCUT2D eigenvalue weighted by Crippen LogP contribution is -2.66. The molecule has 0 aliphatic carbocycles. The van der Waals surface area contributed by atoms with Crippen molar-refractivity contribution < 1.29 is 42.7 Å². The summed E-state index contributed by atoms with van der Waals surface area (Å²) in [5.74, 6) is 0. The number of nitrogens with one attached hydrogen (secondary N) is 1. The van der Waals surface area contributed by atoms with Crippen molar-refractivity contribution in [2.75, 3.05) is 27.6 Å². The van der Waals surface area contributed by atoms with E-state index in [-0.39, 0.29) is 44.3 Å². The summed E-state index contributed by atoms with van der Waals surface area (Å²) < 4.78 is 48.6. The first-order chi connectivity index (χ1) is 21.9. The van der Waals surface area contributed by atoms with Gasteiger partial charge in [-0.25, -0.2) is 4.79 Å². The molecule has 8 atom stereocenters. The van der Waals surface area contributed by atoms with Crippen LogP contribution in [0.5, 0.6) is 0 Å². The topological polar surface area (TPSA) is 103 Å². The van der Waals surface area contributed by atoms with Crippen LogP contribution in [-0.2, 0) is 50.9 Å². The van der Waals surface area contributed by atoms with E-state index in [2.05, 4.69) is 19.2 Å². The molecule has 0 radical (unpaired) electrons. The summed E-state index contributed by atoms with van der Waals surface area (Å²) in [7, 11) is 3.37. The van der Waals surface area contributed by atoms with Crippen molar-refractivity contribution in [3.63, 3.8) is 0 Å². The fraction of sp³-hybridized carbons (Fsp3) is 0.629. The van der Waals surface area contributed by atoms with Crippen molar-refractivity contribution in [1.82, 2.24) is 5.32 Å². The molecule has 45 heavy (non-hydrogen) atoms. The van der Waals surface area contributed by atoms with Crippen molar-refractivity contribution in [3.05, 3.63) is 71.8 Å². The average Bonchev–Trinajstić information content (AvgIpc) is 3.74. The SMILES string of the molecule is COC1CC[C@H](C[C@H]2O[C@H](C(Cc3ccccc3)NC(=O)OCc3ccccc3)[C@H](OCOC3CCCO3)[C@@H](OC)C2(C)C)O1. The van der Waals surface area contributed by atoms with E-state index in [0.717, 1.165) is 36.8 Å². The normalized spacial score (nSPS) is 30.2. The maximum Gasteiger partial charge on any atom is 0.407 e. The van der Waals surface area contributed by atoms with Gasteiger partial charge in [0.25, 0.3) is 0 Å². The van der Waals surface area contributed by atoms with Crippen LogP contribution in [0.4, 0.5) is 4.79 Å². The number of rotatable bonds is 14. The standard InChI is InChI=1S/C35H49NO9/c1-35(2)28(21-26-17-18-29(38-3)44-26)45-31(32(33(35)39-4)43-23-42-30-16-11-19-40-30)27(20-24-12-7-5-8-13-24)36-34(37)41-22-25-14-9-6-10-15-25/h5-10,12-15,26-33H,11,16-23H2,1-4H3,(H,36,37)/t26-,27?,28-,29?,30?,31-,32+,33-/m1/s1. The third-order valence-electron chi connectivity index (χ3n) is 9.18. The lowest BCUT2D eigenvalue weighted by Gasteiger charge is -2.53. The van der Waals surface area contributed by atoms with Gasteiger partial charge in [0, 0.05) is 45.5 Å². The average molecular weight is 628 g/mol. The highest BCUT2D eigenvalue weighted by molar-refractivity contribution is 5.67. The number of benzene rings is 2. The van der Waals surface area contributed by atoms with Crippen LogP contribution in [0.1, 0.15) is 57.1 Å². The van der Waals surface area contributed by atoms with Crippen LogP contribution in [-0.4, -0.2) is 82.9 Å². The zero-order valence-corrected chi connectivity index (χ0v) is 26.9. The van der Waals surface area contributed by atoms with E-state index in [9.17, 15) is 4.79 Å². The Morgan fingerprint density at radius 3 is 2.29 bits per heavy atom. The van der Waals surface area contributed by atoms with Crippen molar-refractivity contribution >= 4 is 6.09 Å². The largest absolute Gasteiger partial charge is 0.445 e. The molecule has 0 aromatic heterocycles. The van der Waals surface area contributed by atoms with Gasteiger partial charge in [-0.05, 0) is 30.4 Å². The number of carbonyl (C=O) groups is 1. The number of ether oxygens (including phenoxy) is 8. The number of carbonyl (C=O) groups excluding carboxylic acids is 1. The van der Waals surface area contributed by atoms with E-state index in [1.165, 1.54) is 0 Å². The maximum absolute atomic E-state index is 13.3. The minimum Gasteiger partial charge on any atom is -0.445 e. The van der Waals surface area contributed by atoms with Gasteiger partial charge >= 0.3 is 6.09 Å². The predicted molar refractivity (Wildman–Crippen MR) is 166 cm³/mol. The minimum absolute atomic E-state index is 0.00751. The molecule has 3 aliphatic heterocycles. The Bertz CT molecular complexity index is 1160. The summed E-state index contributed by atoms with van der Waals surface area (Å²) in [4.78, 5) is 13.3. The van der Waals surface area contributed by atoms with Gasteiger partial charge in [-0.15, -0.1) is 0 Å². The summed E-state index contributed by atoms with van der Waals surface area (Å²) in [6.07, 6.45) is 1.78. The zero-order valence-electron chi connectivity index (χ0n) is 26.9. The monoisotopic (exact) mass is 627 g/mol. The molecule has 3 heterocycles. The third kappa shape index (κ3) is 9.04.